The number of nitrogens with one attached hydrogen (secondary N) is 1. The van der Waals surface area contributed by atoms with E-state index in [9.17, 15) is 13.2 Å². The number of sulfonamides is 1. The summed E-state index contributed by atoms with van der Waals surface area (Å²) in [5.74, 6) is -0.132. The molecular weight excluding hydrogens is 512 g/mol. The molecule has 2 aromatic heterocycles. The Morgan fingerprint density at radius 3 is 2.57 bits per heavy atom. The molecule has 2 heterocycles. The van der Waals surface area contributed by atoms with E-state index in [4.69, 9.17) is 10.2 Å². The second-order valence-corrected chi connectivity index (χ2v) is 11.8. The lowest BCUT2D eigenvalue weighted by atomic mass is 9.94. The number of rotatable bonds is 9. The van der Waals surface area contributed by atoms with Crippen LogP contribution in [-0.2, 0) is 28.5 Å². The highest BCUT2D eigenvalue weighted by Crippen LogP contribution is 2.28. The first-order valence-corrected chi connectivity index (χ1v) is 13.8. The number of aryl methyl sites for hydroxylation is 1. The minimum Gasteiger partial charge on any atom is -0.419 e. The van der Waals surface area contributed by atoms with E-state index in [1.54, 1.807) is 14.0 Å². The second kappa shape index (κ2) is 10.5. The maximum Gasteiger partial charge on any atom is 0.254 e. The predicted octanol–water partition coefficient (Wildman–Crippen LogP) is 3.10. The zero-order chi connectivity index (χ0) is 26.8. The van der Waals surface area contributed by atoms with Gasteiger partial charge < -0.3 is 15.1 Å². The van der Waals surface area contributed by atoms with Crippen molar-refractivity contribution in [2.45, 2.75) is 37.2 Å². The topological polar surface area (TPSA) is 144 Å². The van der Waals surface area contributed by atoms with Crippen LogP contribution in [0.4, 0.5) is 0 Å². The Kier molecular flexibility index (Phi) is 7.55. The molecule has 0 aliphatic heterocycles. The van der Waals surface area contributed by atoms with Gasteiger partial charge in [-0.2, -0.15) is 0 Å². The number of benzene rings is 2. The molecule has 0 radical (unpaired) electrons. The van der Waals surface area contributed by atoms with Crippen molar-refractivity contribution in [3.05, 3.63) is 81.6 Å². The summed E-state index contributed by atoms with van der Waals surface area (Å²) in [6, 6.07) is 13.9. The Morgan fingerprint density at radius 1 is 1.19 bits per heavy atom. The third kappa shape index (κ3) is 6.10. The lowest BCUT2D eigenvalue weighted by Gasteiger charge is -2.20. The number of carbonyl (C=O) groups is 1. The van der Waals surface area contributed by atoms with E-state index in [0.29, 0.717) is 6.42 Å². The summed E-state index contributed by atoms with van der Waals surface area (Å²) >= 11 is 1.45. The van der Waals surface area contributed by atoms with E-state index in [1.807, 2.05) is 42.6 Å². The van der Waals surface area contributed by atoms with Gasteiger partial charge in [0.15, 0.2) is 0 Å². The highest BCUT2D eigenvalue weighted by Gasteiger charge is 2.29. The first-order valence-electron chi connectivity index (χ1n) is 11.4. The summed E-state index contributed by atoms with van der Waals surface area (Å²) in [6.07, 6.45) is 0.453. The van der Waals surface area contributed by atoms with Crippen LogP contribution in [-0.4, -0.2) is 48.5 Å². The third-order valence-corrected chi connectivity index (χ3v) is 8.04. The van der Waals surface area contributed by atoms with Gasteiger partial charge in [-0.3, -0.25) is 4.79 Å². The first-order chi connectivity index (χ1) is 17.5. The van der Waals surface area contributed by atoms with Crippen LogP contribution in [0.15, 0.2) is 63.2 Å². The lowest BCUT2D eigenvalue weighted by Crippen LogP contribution is -2.35. The molecule has 1 amide bonds. The third-order valence-electron chi connectivity index (χ3n) is 5.69. The van der Waals surface area contributed by atoms with Crippen molar-refractivity contribution in [3.8, 4) is 11.5 Å². The molecule has 194 valence electrons. The summed E-state index contributed by atoms with van der Waals surface area (Å²) in [4.78, 5) is 19.0. The molecule has 1 atom stereocenters. The van der Waals surface area contributed by atoms with E-state index in [0.717, 1.165) is 16.3 Å². The highest BCUT2D eigenvalue weighted by molar-refractivity contribution is 7.89. The van der Waals surface area contributed by atoms with Crippen LogP contribution >= 0.6 is 11.3 Å². The van der Waals surface area contributed by atoms with Gasteiger partial charge in [0.25, 0.3) is 5.91 Å². The van der Waals surface area contributed by atoms with E-state index >= 15 is 0 Å². The Bertz CT molecular complexity index is 1510. The second-order valence-electron chi connectivity index (χ2n) is 8.99. The van der Waals surface area contributed by atoms with Gasteiger partial charge in [-0.15, -0.1) is 21.5 Å². The van der Waals surface area contributed by atoms with Gasteiger partial charge in [0.1, 0.15) is 5.01 Å². The number of nitrogens with two attached hydrogens (primary N) is 1. The fourth-order valence-corrected chi connectivity index (χ4v) is 5.38. The number of hydrogen-bond donors (Lipinski definition) is 2. The van der Waals surface area contributed by atoms with Crippen molar-refractivity contribution in [2.75, 3.05) is 14.1 Å². The maximum absolute atomic E-state index is 13.3. The minimum absolute atomic E-state index is 0.0557. The van der Waals surface area contributed by atoms with Crippen LogP contribution < -0.4 is 10.5 Å². The van der Waals surface area contributed by atoms with Gasteiger partial charge in [-0.05, 0) is 51.1 Å². The molecule has 0 aliphatic carbocycles. The van der Waals surface area contributed by atoms with Crippen LogP contribution in [0.25, 0.3) is 11.5 Å². The monoisotopic (exact) mass is 540 g/mol. The summed E-state index contributed by atoms with van der Waals surface area (Å²) in [5.41, 5.74) is 7.85. The lowest BCUT2D eigenvalue weighted by molar-refractivity contribution is 0.0784. The number of amides is 1. The molecule has 37 heavy (non-hydrogen) atoms. The first kappa shape index (κ1) is 26.6. The van der Waals surface area contributed by atoms with Gasteiger partial charge in [0.2, 0.25) is 21.8 Å². The Balaban J connectivity index is 1.68. The van der Waals surface area contributed by atoms with Crippen molar-refractivity contribution in [1.29, 1.82) is 0 Å². The van der Waals surface area contributed by atoms with Crippen LogP contribution in [0.5, 0.6) is 0 Å². The van der Waals surface area contributed by atoms with E-state index < -0.39 is 15.6 Å². The Hall–Kier alpha value is -3.45. The van der Waals surface area contributed by atoms with Gasteiger partial charge in [0.05, 0.1) is 17.0 Å². The van der Waals surface area contributed by atoms with Gasteiger partial charge in [0, 0.05) is 29.2 Å². The summed E-state index contributed by atoms with van der Waals surface area (Å²) in [6.45, 7) is 3.94. The highest BCUT2D eigenvalue weighted by atomic mass is 32.2. The summed E-state index contributed by atoms with van der Waals surface area (Å²) < 4.78 is 33.5. The molecule has 0 spiro atoms. The normalized spacial score (nSPS) is 13.3. The molecule has 4 rings (SSSR count). The van der Waals surface area contributed by atoms with E-state index in [2.05, 4.69) is 19.9 Å². The molecule has 2 aromatic carbocycles. The molecule has 0 unspecified atom stereocenters. The van der Waals surface area contributed by atoms with Crippen LogP contribution in [0.1, 0.15) is 39.4 Å². The van der Waals surface area contributed by atoms with Crippen molar-refractivity contribution in [1.82, 2.24) is 24.8 Å². The van der Waals surface area contributed by atoms with Crippen LogP contribution in [0, 0.1) is 6.92 Å². The molecular formula is C25H28N6O4S2. The van der Waals surface area contributed by atoms with E-state index in [1.165, 1.54) is 41.5 Å². The fourth-order valence-electron chi connectivity index (χ4n) is 3.76. The van der Waals surface area contributed by atoms with Crippen molar-refractivity contribution in [2.24, 2.45) is 5.73 Å². The summed E-state index contributed by atoms with van der Waals surface area (Å²) in [5, 5.41) is 10.9. The Morgan fingerprint density at radius 2 is 1.92 bits per heavy atom. The fraction of sp³-hybridized carbons (Fsp3) is 0.280. The van der Waals surface area contributed by atoms with Crippen molar-refractivity contribution < 1.29 is 17.6 Å². The molecule has 0 bridgehead atoms. The van der Waals surface area contributed by atoms with Crippen LogP contribution in [0.3, 0.4) is 0 Å². The average molecular weight is 541 g/mol. The average Bonchev–Trinajstić information content (AvgIpc) is 3.53. The quantitative estimate of drug-likeness (QED) is 0.330. The number of aromatic nitrogens is 3. The standard InChI is InChI=1S/C25H28N6O4S2/c1-16-15-36-21(28-16)14-31(4)23(32)19-10-18(11-20(12-19)37(33,34)27-3)22-29-30-24(35-22)25(2,26)13-17-8-6-5-7-9-17/h5-12,15,27H,13-14,26H2,1-4H3/t25-/m0/s1. The maximum atomic E-state index is 13.3. The van der Waals surface area contributed by atoms with Crippen molar-refractivity contribution >= 4 is 27.3 Å². The zero-order valence-electron chi connectivity index (χ0n) is 20.9. The Labute approximate surface area is 219 Å². The molecule has 4 aromatic rings. The summed E-state index contributed by atoms with van der Waals surface area (Å²) in [7, 11) is -0.942. The van der Waals surface area contributed by atoms with Crippen LogP contribution in [0.2, 0.25) is 0 Å². The largest absolute Gasteiger partial charge is 0.419 e. The number of nitrogens with zero attached hydrogens (tertiary/aromatic N) is 4. The SMILES string of the molecule is CNS(=O)(=O)c1cc(C(=O)N(C)Cc2nc(C)cs2)cc(-c2nnc([C@@](C)(N)Cc3ccccc3)o2)c1. The molecule has 0 fully saturated rings. The predicted molar refractivity (Wildman–Crippen MR) is 140 cm³/mol. The van der Waals surface area contributed by atoms with Gasteiger partial charge >= 0.3 is 0 Å². The number of carbonyl (C=O) groups excluding carboxylic acids is 1. The number of hydrogen-bond acceptors (Lipinski definition) is 9. The molecule has 12 heteroatoms. The molecule has 0 saturated carbocycles. The van der Waals surface area contributed by atoms with Gasteiger partial charge in [-0.1, -0.05) is 30.3 Å². The zero-order valence-corrected chi connectivity index (χ0v) is 22.6. The van der Waals surface area contributed by atoms with E-state index in [-0.39, 0.29) is 40.3 Å². The smallest absolute Gasteiger partial charge is 0.254 e. The van der Waals surface area contributed by atoms with Gasteiger partial charge in [-0.25, -0.2) is 18.1 Å². The molecule has 0 saturated heterocycles. The molecule has 10 nitrogen and oxygen atoms in total. The van der Waals surface area contributed by atoms with Crippen molar-refractivity contribution in [3.63, 3.8) is 0 Å². The minimum atomic E-state index is -3.87. The molecule has 3 N–H and O–H groups in total. The number of thiazole rings is 1. The molecule has 0 aliphatic rings.